The summed E-state index contributed by atoms with van der Waals surface area (Å²) in [5, 5.41) is 12.8. The number of carbonyl (C=O) groups excluding carboxylic acids is 2. The largest absolute Gasteiger partial charge is 0.503 e. The van der Waals surface area contributed by atoms with Crippen LogP contribution in [-0.4, -0.2) is 45.3 Å². The van der Waals surface area contributed by atoms with Crippen LogP contribution in [0.15, 0.2) is 29.2 Å². The number of fused-ring (bicyclic) bond motifs is 2. The number of aromatic hydroxyl groups is 1. The number of benzene rings is 1. The molecule has 2 N–H and O–H groups in total. The molecule has 2 saturated heterocycles. The van der Waals surface area contributed by atoms with Crippen molar-refractivity contribution in [2.75, 3.05) is 6.61 Å². The molecule has 1 unspecified atom stereocenters. The van der Waals surface area contributed by atoms with Crippen molar-refractivity contribution >= 4 is 11.8 Å². The lowest BCUT2D eigenvalue weighted by atomic mass is 9.80. The van der Waals surface area contributed by atoms with Gasteiger partial charge in [-0.15, -0.1) is 0 Å². The fraction of sp³-hybridized carbons (Fsp3) is 0.381. The van der Waals surface area contributed by atoms with Crippen molar-refractivity contribution in [3.05, 3.63) is 63.1 Å². The lowest BCUT2D eigenvalue weighted by Gasteiger charge is -2.43. The molecule has 31 heavy (non-hydrogen) atoms. The molecule has 1 aliphatic carbocycles. The highest BCUT2D eigenvalue weighted by molar-refractivity contribution is 5.99. The predicted molar refractivity (Wildman–Crippen MR) is 102 cm³/mol. The third kappa shape index (κ3) is 3.18. The molecule has 8 nitrogen and oxygen atoms in total. The van der Waals surface area contributed by atoms with Crippen molar-refractivity contribution in [3.8, 4) is 5.75 Å². The van der Waals surface area contributed by atoms with Crippen molar-refractivity contribution in [2.45, 2.75) is 38.2 Å². The summed E-state index contributed by atoms with van der Waals surface area (Å²) in [7, 11) is 0. The van der Waals surface area contributed by atoms with Crippen LogP contribution in [0.25, 0.3) is 0 Å². The number of pyridine rings is 1. The summed E-state index contributed by atoms with van der Waals surface area (Å²) in [6.07, 6.45) is 2.33. The van der Waals surface area contributed by atoms with Gasteiger partial charge in [-0.3, -0.25) is 14.4 Å². The molecule has 10 heteroatoms. The van der Waals surface area contributed by atoms with E-state index < -0.39 is 40.9 Å². The molecule has 1 aromatic heterocycles. The second-order valence-electron chi connectivity index (χ2n) is 8.13. The summed E-state index contributed by atoms with van der Waals surface area (Å²) < 4.78 is 34.0. The van der Waals surface area contributed by atoms with Crippen molar-refractivity contribution < 1.29 is 28.2 Å². The van der Waals surface area contributed by atoms with Crippen LogP contribution in [0.3, 0.4) is 0 Å². The Kier molecular flexibility index (Phi) is 4.54. The van der Waals surface area contributed by atoms with Gasteiger partial charge in [0, 0.05) is 30.4 Å². The molecule has 4 heterocycles. The number of nitrogens with zero attached hydrogens (tertiary/aromatic N) is 2. The van der Waals surface area contributed by atoms with Crippen LogP contribution in [0.5, 0.6) is 5.75 Å². The van der Waals surface area contributed by atoms with Gasteiger partial charge in [0.05, 0.1) is 13.2 Å². The summed E-state index contributed by atoms with van der Waals surface area (Å²) >= 11 is 0. The van der Waals surface area contributed by atoms with Gasteiger partial charge in [0.2, 0.25) is 5.43 Å². The van der Waals surface area contributed by atoms with E-state index in [1.165, 1.54) is 16.8 Å². The first-order valence-electron chi connectivity index (χ1n) is 9.96. The van der Waals surface area contributed by atoms with Gasteiger partial charge < -0.3 is 24.6 Å². The summed E-state index contributed by atoms with van der Waals surface area (Å²) in [5.74, 6) is -3.34. The Bertz CT molecular complexity index is 1160. The Morgan fingerprint density at radius 2 is 2.03 bits per heavy atom. The molecule has 2 aromatic rings. The van der Waals surface area contributed by atoms with Crippen LogP contribution in [-0.2, 0) is 17.8 Å². The third-order valence-electron chi connectivity index (χ3n) is 6.18. The molecule has 4 aliphatic rings. The smallest absolute Gasteiger partial charge is 0.276 e. The lowest BCUT2D eigenvalue weighted by Crippen LogP contribution is -2.55. The van der Waals surface area contributed by atoms with E-state index in [-0.39, 0.29) is 36.0 Å². The van der Waals surface area contributed by atoms with E-state index in [1.54, 1.807) is 4.90 Å². The first kappa shape index (κ1) is 19.7. The van der Waals surface area contributed by atoms with E-state index in [0.29, 0.717) is 18.6 Å². The van der Waals surface area contributed by atoms with Gasteiger partial charge in [-0.2, -0.15) is 0 Å². The van der Waals surface area contributed by atoms with Gasteiger partial charge in [-0.25, -0.2) is 8.78 Å². The molecule has 1 saturated carbocycles. The topological polar surface area (TPSA) is 101 Å². The van der Waals surface area contributed by atoms with E-state index in [1.807, 2.05) is 0 Å². The first-order chi connectivity index (χ1) is 14.8. The van der Waals surface area contributed by atoms with Crippen molar-refractivity contribution in [1.29, 1.82) is 0 Å². The molecular formula is C21H19F2N3O5. The molecule has 2 bridgehead atoms. The summed E-state index contributed by atoms with van der Waals surface area (Å²) in [4.78, 5) is 39.8. The molecule has 0 spiro atoms. The van der Waals surface area contributed by atoms with E-state index in [4.69, 9.17) is 4.74 Å². The number of hydrogen-bond donors (Lipinski definition) is 2. The van der Waals surface area contributed by atoms with Crippen molar-refractivity contribution in [3.63, 3.8) is 0 Å². The summed E-state index contributed by atoms with van der Waals surface area (Å²) in [6.45, 7) is 0.419. The maximum atomic E-state index is 13.8. The van der Waals surface area contributed by atoms with Crippen LogP contribution >= 0.6 is 0 Å². The highest BCUT2D eigenvalue weighted by Crippen LogP contribution is 2.40. The minimum absolute atomic E-state index is 0.0156. The molecule has 6 rings (SSSR count). The van der Waals surface area contributed by atoms with Gasteiger partial charge in [-0.1, -0.05) is 6.07 Å². The number of aromatic nitrogens is 1. The Balaban J connectivity index is 1.43. The Labute approximate surface area is 175 Å². The fourth-order valence-electron chi connectivity index (χ4n) is 4.47. The number of ether oxygens (including phenoxy) is 1. The number of hydrogen-bond acceptors (Lipinski definition) is 5. The van der Waals surface area contributed by atoms with Crippen LogP contribution in [0.1, 0.15) is 39.3 Å². The second-order valence-corrected chi connectivity index (χ2v) is 8.13. The number of halogens is 2. The monoisotopic (exact) mass is 431 g/mol. The van der Waals surface area contributed by atoms with Gasteiger partial charge in [0.15, 0.2) is 17.7 Å². The maximum absolute atomic E-state index is 13.8. The zero-order valence-corrected chi connectivity index (χ0v) is 16.3. The van der Waals surface area contributed by atoms with Crippen LogP contribution in [0.4, 0.5) is 8.78 Å². The van der Waals surface area contributed by atoms with E-state index >= 15 is 0 Å². The summed E-state index contributed by atoms with van der Waals surface area (Å²) in [5.41, 5.74) is -1.51. The molecule has 162 valence electrons. The van der Waals surface area contributed by atoms with Gasteiger partial charge in [-0.05, 0) is 24.8 Å². The quantitative estimate of drug-likeness (QED) is 0.764. The molecule has 3 aliphatic heterocycles. The number of rotatable bonds is 3. The molecule has 2 amide bonds. The van der Waals surface area contributed by atoms with Crippen molar-refractivity contribution in [2.24, 2.45) is 5.92 Å². The minimum atomic E-state index is -0.989. The third-order valence-corrected chi connectivity index (χ3v) is 6.18. The van der Waals surface area contributed by atoms with Gasteiger partial charge in [0.25, 0.3) is 11.8 Å². The van der Waals surface area contributed by atoms with E-state index in [9.17, 15) is 28.3 Å². The van der Waals surface area contributed by atoms with Gasteiger partial charge in [0.1, 0.15) is 17.2 Å². The molecule has 1 aromatic carbocycles. The number of amides is 2. The van der Waals surface area contributed by atoms with E-state index in [0.717, 1.165) is 18.9 Å². The zero-order valence-electron chi connectivity index (χ0n) is 16.3. The number of nitrogens with one attached hydrogen (secondary N) is 1. The number of carbonyl (C=O) groups is 2. The highest BCUT2D eigenvalue weighted by Gasteiger charge is 2.47. The Morgan fingerprint density at radius 1 is 1.26 bits per heavy atom. The van der Waals surface area contributed by atoms with E-state index in [2.05, 4.69) is 5.32 Å². The van der Waals surface area contributed by atoms with Gasteiger partial charge >= 0.3 is 0 Å². The van der Waals surface area contributed by atoms with Crippen LogP contribution in [0.2, 0.25) is 0 Å². The Morgan fingerprint density at radius 3 is 2.77 bits per heavy atom. The normalized spacial score (nSPS) is 24.0. The average molecular weight is 431 g/mol. The SMILES string of the molecule is O=C(NCc1ccc(F)cc1F)c1cn2c(c(O)c1=O)C(=O)N1C3CC(COC1C2)C3. The first-order valence-corrected chi connectivity index (χ1v) is 9.96. The predicted octanol–water partition coefficient (Wildman–Crippen LogP) is 1.35. The molecule has 3 fully saturated rings. The fourth-order valence-corrected chi connectivity index (χ4v) is 4.47. The van der Waals surface area contributed by atoms with Crippen LogP contribution < -0.4 is 10.7 Å². The highest BCUT2D eigenvalue weighted by atomic mass is 19.1. The maximum Gasteiger partial charge on any atom is 0.276 e. The zero-order chi connectivity index (χ0) is 21.9. The van der Waals surface area contributed by atoms with Crippen LogP contribution in [0, 0.1) is 17.6 Å². The Hall–Kier alpha value is -3.27. The second kappa shape index (κ2) is 7.16. The minimum Gasteiger partial charge on any atom is -0.503 e. The molecule has 0 radical (unpaired) electrons. The summed E-state index contributed by atoms with van der Waals surface area (Å²) in [6, 6.07) is 2.94. The molecule has 1 atom stereocenters. The van der Waals surface area contributed by atoms with Crippen molar-refractivity contribution in [1.82, 2.24) is 14.8 Å². The average Bonchev–Trinajstić information content (AvgIpc) is 2.99. The standard InChI is InChI=1S/C21H19F2N3O5/c22-12-2-1-11(15(23)5-12)6-24-20(29)14-7-25-8-16-26(13-3-10(4-13)9-31-16)21(30)17(25)19(28)18(14)27/h1-2,5,7,10,13,16,28H,3-4,6,8-9H2,(H,24,29). The molecular weight excluding hydrogens is 412 g/mol. The lowest BCUT2D eigenvalue weighted by molar-refractivity contribution is -0.0527.